The summed E-state index contributed by atoms with van der Waals surface area (Å²) < 4.78 is 11.1. The van der Waals surface area contributed by atoms with Crippen LogP contribution in [0.5, 0.6) is 11.5 Å². The Balaban J connectivity index is 0.000000108. The maximum absolute atomic E-state index is 13.0. The van der Waals surface area contributed by atoms with E-state index in [1.807, 2.05) is 146 Å². The number of nitrogens with zero attached hydrogens (tertiary/aromatic N) is 5. The highest BCUT2D eigenvalue weighted by Crippen LogP contribution is 2.49. The zero-order chi connectivity index (χ0) is 83.9. The van der Waals surface area contributed by atoms with Crippen LogP contribution in [0.3, 0.4) is 0 Å². The summed E-state index contributed by atoms with van der Waals surface area (Å²) in [5.74, 6) is -0.914. The lowest BCUT2D eigenvalue weighted by Crippen LogP contribution is -2.36. The Morgan fingerprint density at radius 1 is 0.205 bits per heavy atom. The van der Waals surface area contributed by atoms with Crippen molar-refractivity contribution in [1.82, 2.24) is 24.6 Å². The molecular formula is C107H73N5O10. The summed E-state index contributed by atoms with van der Waals surface area (Å²) in [5, 5.41) is 13.2. The fraction of sp³-hybridized carbons (Fsp3) is 0.0561. The first-order valence-corrected chi connectivity index (χ1v) is 39.8. The Hall–Kier alpha value is -16.1. The van der Waals surface area contributed by atoms with Gasteiger partial charge in [0, 0.05) is 117 Å². The summed E-state index contributed by atoms with van der Waals surface area (Å²) >= 11 is 0. The van der Waals surface area contributed by atoms with Crippen LogP contribution in [0.4, 0.5) is 0 Å². The topological polar surface area (TPSA) is 181 Å². The van der Waals surface area contributed by atoms with Crippen LogP contribution in [-0.2, 0) is 0 Å². The third-order valence-electron chi connectivity index (χ3n) is 23.9. The molecule has 0 saturated carbocycles. The summed E-state index contributed by atoms with van der Waals surface area (Å²) in [6.07, 6.45) is 3.54. The van der Waals surface area contributed by atoms with Crippen molar-refractivity contribution >= 4 is 123 Å². The molecule has 18 aromatic rings. The number of hydrogen-bond donors (Lipinski definition) is 0. The van der Waals surface area contributed by atoms with Crippen molar-refractivity contribution in [3.05, 3.63) is 378 Å². The first kappa shape index (κ1) is 75.9. The van der Waals surface area contributed by atoms with Gasteiger partial charge in [0.2, 0.25) is 0 Å². The number of rotatable bonds is 9. The molecule has 8 amide bonds. The molecule has 586 valence electrons. The predicted molar refractivity (Wildman–Crippen MR) is 483 cm³/mol. The fourth-order valence-electron chi connectivity index (χ4n) is 17.8. The number of carbonyl (C=O) groups is 8. The number of ether oxygens (including phenoxy) is 2. The number of amides is 8. The molecule has 4 aliphatic heterocycles. The molecule has 0 saturated heterocycles. The molecular weight excluding hydrogens is 1520 g/mol. The van der Waals surface area contributed by atoms with Gasteiger partial charge in [0.05, 0.1) is 14.2 Å². The monoisotopic (exact) mass is 1590 g/mol. The molecule has 0 bridgehead atoms. The Bertz CT molecular complexity index is 7380. The van der Waals surface area contributed by atoms with Crippen LogP contribution in [0.1, 0.15) is 82.9 Å². The van der Waals surface area contributed by atoms with Crippen molar-refractivity contribution in [3.8, 4) is 89.4 Å². The van der Waals surface area contributed by atoms with E-state index >= 15 is 0 Å². The fourth-order valence-corrected chi connectivity index (χ4v) is 17.8. The van der Waals surface area contributed by atoms with Crippen molar-refractivity contribution in [1.29, 1.82) is 0 Å². The average Bonchev–Trinajstić information content (AvgIpc) is 0.720. The number of aromatic nitrogens is 1. The first-order valence-electron chi connectivity index (χ1n) is 39.8. The van der Waals surface area contributed by atoms with Crippen LogP contribution in [0.2, 0.25) is 0 Å². The molecule has 0 spiro atoms. The predicted octanol–water partition coefficient (Wildman–Crippen LogP) is 22.8. The quantitative estimate of drug-likeness (QED) is 0.0991. The highest BCUT2D eigenvalue weighted by atomic mass is 16.5. The van der Waals surface area contributed by atoms with E-state index < -0.39 is 0 Å². The molecule has 0 unspecified atom stereocenters. The van der Waals surface area contributed by atoms with Crippen molar-refractivity contribution in [2.75, 3.05) is 42.4 Å². The van der Waals surface area contributed by atoms with Gasteiger partial charge in [-0.15, -0.1) is 0 Å². The minimum absolute atomic E-state index is 0.253. The van der Waals surface area contributed by atoms with Crippen LogP contribution in [-0.4, -0.2) is 114 Å². The molecule has 0 fully saturated rings. The van der Waals surface area contributed by atoms with Gasteiger partial charge >= 0.3 is 0 Å². The van der Waals surface area contributed by atoms with Gasteiger partial charge in [-0.2, -0.15) is 0 Å². The second kappa shape index (κ2) is 30.7. The minimum Gasteiger partial charge on any atom is -0.496 e. The van der Waals surface area contributed by atoms with Crippen LogP contribution in [0.15, 0.2) is 334 Å². The zero-order valence-electron chi connectivity index (χ0n) is 67.1. The summed E-state index contributed by atoms with van der Waals surface area (Å²) in [4.78, 5) is 111. The van der Waals surface area contributed by atoms with Gasteiger partial charge in [-0.1, -0.05) is 237 Å². The molecule has 0 radical (unpaired) electrons. The molecule has 15 nitrogen and oxygen atoms in total. The standard InChI is InChI=1S/C33H21NO2.C29H19NO2.C25H18N2O3.C20H15NO3/c1-34-32(35)27-17-9-16-25-26(18-19-28(31(25)27)33(34)36)30-23-14-7-5-12-21(23)29(20-10-3-2-4-11-20)22-13-6-8-15-24(22)30;1-30-28(31)25-9-5-8-24-23(14-15-26(27(24)25)29(30)32)22-13-12-20-16-19(10-11-21(20)17-22)18-6-3-2-4-7-18;1-27-24(28)19-8-7-18(23-21(30-2)10-9-20(22(19)23)25(27)29)17-5-3-15(4-6-17)16-11-13-26-14-12-16;1-21-19(22)14-9-8-13(12-6-4-3-5-7-12)18-16(24-2)11-10-15(17(14)18)20(21)23/h2-19H,1H3;2-17H,1H3;3-14H,1-2H3;3-11H,1-2H3. The lowest BCUT2D eigenvalue weighted by atomic mass is 9.83. The van der Waals surface area contributed by atoms with Crippen LogP contribution in [0.25, 0.3) is 153 Å². The molecule has 15 heteroatoms. The van der Waals surface area contributed by atoms with E-state index in [1.165, 1.54) is 69.4 Å². The van der Waals surface area contributed by atoms with Gasteiger partial charge in [0.25, 0.3) is 47.3 Å². The average molecular weight is 1590 g/mol. The molecule has 0 atom stereocenters. The molecule has 5 heterocycles. The molecule has 17 aromatic carbocycles. The van der Waals surface area contributed by atoms with Gasteiger partial charge < -0.3 is 9.47 Å². The van der Waals surface area contributed by atoms with E-state index in [-0.39, 0.29) is 47.3 Å². The molecule has 22 rings (SSSR count). The number of hydrogen-bond acceptors (Lipinski definition) is 11. The second-order valence-corrected chi connectivity index (χ2v) is 30.4. The summed E-state index contributed by atoms with van der Waals surface area (Å²) in [7, 11) is 9.29. The van der Waals surface area contributed by atoms with E-state index in [2.05, 4.69) is 138 Å². The number of imide groups is 4. The zero-order valence-corrected chi connectivity index (χ0v) is 67.1. The highest BCUT2D eigenvalue weighted by molar-refractivity contribution is 6.32. The molecule has 1 aromatic heterocycles. The van der Waals surface area contributed by atoms with Crippen molar-refractivity contribution in [3.63, 3.8) is 0 Å². The van der Waals surface area contributed by atoms with E-state index in [0.717, 1.165) is 114 Å². The minimum atomic E-state index is -0.301. The van der Waals surface area contributed by atoms with Crippen LogP contribution >= 0.6 is 0 Å². The van der Waals surface area contributed by atoms with Crippen molar-refractivity contribution in [2.24, 2.45) is 0 Å². The van der Waals surface area contributed by atoms with E-state index in [0.29, 0.717) is 66.8 Å². The lowest BCUT2D eigenvalue weighted by molar-refractivity contribution is 0.0635. The first-order chi connectivity index (χ1) is 59.5. The summed E-state index contributed by atoms with van der Waals surface area (Å²) in [6, 6.07) is 106. The SMILES string of the molecule is CN1C(=O)c2cccc3c(-c4c5ccccc5c(-c5ccccc5)c5ccccc45)ccc(c23)C1=O.CN1C(=O)c2cccc3c(-c4ccc5cc(-c6ccccc6)ccc5c4)ccc(c23)C1=O.COc1ccc2c3c(ccc(-c4ccc(-c5ccncc5)cc4)c13)C(=O)N(C)C2=O.COc1ccc2c3c(ccc(-c4ccccc4)c13)C(=O)N(C)C2=O. The van der Waals surface area contributed by atoms with E-state index in [1.54, 1.807) is 76.1 Å². The number of benzene rings is 17. The molecule has 0 N–H and O–H groups in total. The molecule has 0 aliphatic carbocycles. The normalized spacial score (nSPS) is 13.2. The molecule has 4 aliphatic rings. The van der Waals surface area contributed by atoms with Gasteiger partial charge in [-0.05, 0) is 206 Å². The smallest absolute Gasteiger partial charge is 0.261 e. The van der Waals surface area contributed by atoms with Gasteiger partial charge in [0.1, 0.15) is 11.5 Å². The number of pyridine rings is 1. The third-order valence-corrected chi connectivity index (χ3v) is 23.9. The van der Waals surface area contributed by atoms with Crippen molar-refractivity contribution < 1.29 is 47.8 Å². The Morgan fingerprint density at radius 3 is 0.926 bits per heavy atom. The lowest BCUT2D eigenvalue weighted by Gasteiger charge is -2.25. The summed E-state index contributed by atoms with van der Waals surface area (Å²) in [5.41, 5.74) is 19.4. The van der Waals surface area contributed by atoms with Gasteiger partial charge in [-0.3, -0.25) is 62.9 Å². The Morgan fingerprint density at radius 2 is 0.492 bits per heavy atom. The van der Waals surface area contributed by atoms with Gasteiger partial charge in [-0.25, -0.2) is 0 Å². The number of methoxy groups -OCH3 is 2. The number of carbonyl (C=O) groups excluding carboxylic acids is 8. The van der Waals surface area contributed by atoms with E-state index in [4.69, 9.17) is 9.47 Å². The highest BCUT2D eigenvalue weighted by Gasteiger charge is 2.37. The number of fused-ring (bicyclic) bond motifs is 3. The molecule has 122 heavy (non-hydrogen) atoms. The largest absolute Gasteiger partial charge is 0.496 e. The maximum Gasteiger partial charge on any atom is 0.261 e. The Labute approximate surface area is 701 Å². The maximum atomic E-state index is 13.0. The Kier molecular flexibility index (Phi) is 19.1. The van der Waals surface area contributed by atoms with Crippen LogP contribution < -0.4 is 9.47 Å². The summed E-state index contributed by atoms with van der Waals surface area (Å²) in [6.45, 7) is 0. The van der Waals surface area contributed by atoms with Crippen LogP contribution in [0, 0.1) is 0 Å². The van der Waals surface area contributed by atoms with Gasteiger partial charge in [0.15, 0.2) is 0 Å². The van der Waals surface area contributed by atoms with Crippen molar-refractivity contribution in [2.45, 2.75) is 0 Å². The van der Waals surface area contributed by atoms with E-state index in [9.17, 15) is 38.4 Å². The second-order valence-electron chi connectivity index (χ2n) is 30.4. The third kappa shape index (κ3) is 12.6.